The van der Waals surface area contributed by atoms with Crippen LogP contribution in [-0.2, 0) is 0 Å². The third-order valence-corrected chi connectivity index (χ3v) is 3.40. The first-order chi connectivity index (χ1) is 8.70. The molecule has 1 aliphatic rings. The smallest absolute Gasteiger partial charge is 0.251 e. The second-order valence-electron chi connectivity index (χ2n) is 4.66. The molecule has 4 heteroatoms. The summed E-state index contributed by atoms with van der Waals surface area (Å²) >= 11 is 0. The molecule has 0 aromatic heterocycles. The Labute approximate surface area is 107 Å². The van der Waals surface area contributed by atoms with Crippen molar-refractivity contribution >= 4 is 5.91 Å². The van der Waals surface area contributed by atoms with E-state index in [-0.39, 0.29) is 11.9 Å². The van der Waals surface area contributed by atoms with Gasteiger partial charge in [0.2, 0.25) is 0 Å². The minimum Gasteiger partial charge on any atom is -0.497 e. The van der Waals surface area contributed by atoms with Crippen molar-refractivity contribution in [2.45, 2.75) is 37.8 Å². The second kappa shape index (κ2) is 5.87. The number of amides is 1. The highest BCUT2D eigenvalue weighted by Crippen LogP contribution is 2.19. The van der Waals surface area contributed by atoms with Crippen molar-refractivity contribution in [3.8, 4) is 5.75 Å². The van der Waals surface area contributed by atoms with Gasteiger partial charge in [-0.05, 0) is 37.1 Å². The van der Waals surface area contributed by atoms with Gasteiger partial charge in [0, 0.05) is 5.56 Å². The van der Waals surface area contributed by atoms with E-state index in [2.05, 4.69) is 5.32 Å². The van der Waals surface area contributed by atoms with Gasteiger partial charge in [-0.2, -0.15) is 0 Å². The highest BCUT2D eigenvalue weighted by molar-refractivity contribution is 5.94. The van der Waals surface area contributed by atoms with Gasteiger partial charge in [-0.3, -0.25) is 4.79 Å². The minimum absolute atomic E-state index is 0.117. The Balaban J connectivity index is 1.97. The number of hydrogen-bond acceptors (Lipinski definition) is 3. The number of hydrogen-bond donors (Lipinski definition) is 2. The average molecular weight is 249 g/mol. The predicted octanol–water partition coefficient (Wildman–Crippen LogP) is 1.73. The zero-order valence-electron chi connectivity index (χ0n) is 10.6. The largest absolute Gasteiger partial charge is 0.497 e. The average Bonchev–Trinajstić information content (AvgIpc) is 2.41. The van der Waals surface area contributed by atoms with Crippen molar-refractivity contribution in [3.63, 3.8) is 0 Å². The number of methoxy groups -OCH3 is 1. The molecule has 0 radical (unpaired) electrons. The third kappa shape index (κ3) is 3.01. The maximum Gasteiger partial charge on any atom is 0.251 e. The Kier molecular flexibility index (Phi) is 4.20. The topological polar surface area (TPSA) is 58.6 Å². The second-order valence-corrected chi connectivity index (χ2v) is 4.66. The fraction of sp³-hybridized carbons (Fsp3) is 0.500. The van der Waals surface area contributed by atoms with E-state index in [1.807, 2.05) is 0 Å². The molecule has 1 amide bonds. The van der Waals surface area contributed by atoms with Crippen molar-refractivity contribution in [1.29, 1.82) is 0 Å². The first kappa shape index (κ1) is 12.9. The van der Waals surface area contributed by atoms with E-state index < -0.39 is 6.10 Å². The summed E-state index contributed by atoms with van der Waals surface area (Å²) in [6.07, 6.45) is 3.30. The minimum atomic E-state index is -0.416. The summed E-state index contributed by atoms with van der Waals surface area (Å²) < 4.78 is 5.04. The van der Waals surface area contributed by atoms with Crippen molar-refractivity contribution in [2.24, 2.45) is 0 Å². The lowest BCUT2D eigenvalue weighted by molar-refractivity contribution is 0.0717. The fourth-order valence-electron chi connectivity index (χ4n) is 2.27. The molecule has 0 saturated heterocycles. The first-order valence-corrected chi connectivity index (χ1v) is 6.33. The zero-order chi connectivity index (χ0) is 13.0. The highest BCUT2D eigenvalue weighted by Gasteiger charge is 2.24. The highest BCUT2D eigenvalue weighted by atomic mass is 16.5. The van der Waals surface area contributed by atoms with Crippen LogP contribution < -0.4 is 10.1 Å². The van der Waals surface area contributed by atoms with Crippen LogP contribution in [0.4, 0.5) is 0 Å². The third-order valence-electron chi connectivity index (χ3n) is 3.40. The molecule has 0 spiro atoms. The molecule has 18 heavy (non-hydrogen) atoms. The summed E-state index contributed by atoms with van der Waals surface area (Å²) in [5.74, 6) is 0.591. The Morgan fingerprint density at radius 2 is 1.94 bits per heavy atom. The number of benzene rings is 1. The molecule has 1 aromatic carbocycles. The Hall–Kier alpha value is -1.55. The molecule has 0 bridgehead atoms. The molecule has 2 rings (SSSR count). The van der Waals surface area contributed by atoms with Crippen molar-refractivity contribution < 1.29 is 14.6 Å². The number of carbonyl (C=O) groups excluding carboxylic acids is 1. The lowest BCUT2D eigenvalue weighted by atomic mass is 9.92. The molecular weight excluding hydrogens is 230 g/mol. The van der Waals surface area contributed by atoms with Gasteiger partial charge < -0.3 is 15.2 Å². The van der Waals surface area contributed by atoms with E-state index >= 15 is 0 Å². The molecular formula is C14H19NO3. The molecule has 4 nitrogen and oxygen atoms in total. The fourth-order valence-corrected chi connectivity index (χ4v) is 2.27. The number of nitrogens with one attached hydrogen (secondary N) is 1. The standard InChI is InChI=1S/C14H19NO3/c1-18-11-8-6-10(7-9-11)14(17)15-12-4-2-3-5-13(12)16/h6-9,12-13,16H,2-5H2,1H3,(H,15,17). The van der Waals surface area contributed by atoms with Crippen LogP contribution in [-0.4, -0.2) is 30.3 Å². The molecule has 2 atom stereocenters. The van der Waals surface area contributed by atoms with Crippen LogP contribution in [0.1, 0.15) is 36.0 Å². The molecule has 1 saturated carbocycles. The van der Waals surface area contributed by atoms with Crippen LogP contribution in [0.5, 0.6) is 5.75 Å². The van der Waals surface area contributed by atoms with Crippen LogP contribution in [0.3, 0.4) is 0 Å². The number of carbonyl (C=O) groups is 1. The summed E-state index contributed by atoms with van der Waals surface area (Å²) in [4.78, 5) is 12.0. The van der Waals surface area contributed by atoms with Gasteiger partial charge in [0.1, 0.15) is 5.75 Å². The molecule has 0 heterocycles. The van der Waals surface area contributed by atoms with Crippen molar-refractivity contribution in [2.75, 3.05) is 7.11 Å². The number of rotatable bonds is 3. The summed E-state index contributed by atoms with van der Waals surface area (Å²) in [6, 6.07) is 6.85. The maximum absolute atomic E-state index is 12.0. The Bertz CT molecular complexity index is 402. The molecule has 1 fully saturated rings. The number of ether oxygens (including phenoxy) is 1. The zero-order valence-corrected chi connectivity index (χ0v) is 10.6. The van der Waals surface area contributed by atoms with E-state index in [0.29, 0.717) is 5.56 Å². The van der Waals surface area contributed by atoms with Gasteiger partial charge >= 0.3 is 0 Å². The van der Waals surface area contributed by atoms with Crippen LogP contribution in [0.25, 0.3) is 0 Å². The van der Waals surface area contributed by atoms with Gasteiger partial charge in [-0.1, -0.05) is 12.8 Å². The van der Waals surface area contributed by atoms with Gasteiger partial charge in [-0.25, -0.2) is 0 Å². The molecule has 2 N–H and O–H groups in total. The molecule has 98 valence electrons. The molecule has 1 aliphatic carbocycles. The van der Waals surface area contributed by atoms with Crippen LogP contribution in [0, 0.1) is 0 Å². The van der Waals surface area contributed by atoms with Gasteiger partial charge in [-0.15, -0.1) is 0 Å². The summed E-state index contributed by atoms with van der Waals surface area (Å²) in [7, 11) is 1.59. The Morgan fingerprint density at radius 1 is 1.28 bits per heavy atom. The summed E-state index contributed by atoms with van der Waals surface area (Å²) in [5, 5.41) is 12.7. The number of aliphatic hydroxyl groups is 1. The SMILES string of the molecule is COc1ccc(C(=O)NC2CCCCC2O)cc1. The summed E-state index contributed by atoms with van der Waals surface area (Å²) in [5.41, 5.74) is 0.591. The number of aliphatic hydroxyl groups excluding tert-OH is 1. The Morgan fingerprint density at radius 3 is 2.56 bits per heavy atom. The van der Waals surface area contributed by atoms with E-state index in [9.17, 15) is 9.90 Å². The van der Waals surface area contributed by atoms with Crippen LogP contribution in [0.15, 0.2) is 24.3 Å². The monoisotopic (exact) mass is 249 g/mol. The maximum atomic E-state index is 12.0. The van der Waals surface area contributed by atoms with Gasteiger partial charge in [0.05, 0.1) is 19.3 Å². The van der Waals surface area contributed by atoms with Crippen LogP contribution in [0.2, 0.25) is 0 Å². The molecule has 1 aromatic rings. The van der Waals surface area contributed by atoms with E-state index in [0.717, 1.165) is 31.4 Å². The molecule has 2 unspecified atom stereocenters. The van der Waals surface area contributed by atoms with Gasteiger partial charge in [0.15, 0.2) is 0 Å². The van der Waals surface area contributed by atoms with E-state index in [1.54, 1.807) is 31.4 Å². The first-order valence-electron chi connectivity index (χ1n) is 6.33. The van der Waals surface area contributed by atoms with Crippen molar-refractivity contribution in [1.82, 2.24) is 5.32 Å². The van der Waals surface area contributed by atoms with Crippen LogP contribution >= 0.6 is 0 Å². The quantitative estimate of drug-likeness (QED) is 0.857. The lowest BCUT2D eigenvalue weighted by Crippen LogP contribution is -2.45. The van der Waals surface area contributed by atoms with Crippen molar-refractivity contribution in [3.05, 3.63) is 29.8 Å². The normalized spacial score (nSPS) is 23.4. The lowest BCUT2D eigenvalue weighted by Gasteiger charge is -2.28. The van der Waals surface area contributed by atoms with E-state index in [4.69, 9.17) is 4.74 Å². The molecule has 0 aliphatic heterocycles. The van der Waals surface area contributed by atoms with E-state index in [1.165, 1.54) is 0 Å². The summed E-state index contributed by atoms with van der Waals surface area (Å²) in [6.45, 7) is 0. The predicted molar refractivity (Wildman–Crippen MR) is 68.7 cm³/mol. The van der Waals surface area contributed by atoms with Gasteiger partial charge in [0.25, 0.3) is 5.91 Å².